The average Bonchev–Trinajstić information content (AvgIpc) is 3.14. The van der Waals surface area contributed by atoms with Gasteiger partial charge in [-0.25, -0.2) is 17.7 Å². The number of hydrogen-bond acceptors (Lipinski definition) is 6. The van der Waals surface area contributed by atoms with Crippen molar-refractivity contribution in [2.24, 2.45) is 7.05 Å². The highest BCUT2D eigenvalue weighted by molar-refractivity contribution is 7.88. The molecule has 0 unspecified atom stereocenters. The quantitative estimate of drug-likeness (QED) is 0.665. The summed E-state index contributed by atoms with van der Waals surface area (Å²) in [6.07, 6.45) is 7.82. The third-order valence-electron chi connectivity index (χ3n) is 4.87. The molecule has 3 aromatic heterocycles. The zero-order valence-corrected chi connectivity index (χ0v) is 17.6. The smallest absolute Gasteiger partial charge is 0.229 e. The minimum atomic E-state index is -3.16. The summed E-state index contributed by atoms with van der Waals surface area (Å²) < 4.78 is 28.4. The van der Waals surface area contributed by atoms with E-state index in [1.54, 1.807) is 23.3 Å². The maximum Gasteiger partial charge on any atom is 0.229 e. The van der Waals surface area contributed by atoms with Crippen molar-refractivity contribution in [2.75, 3.05) is 24.7 Å². The van der Waals surface area contributed by atoms with Gasteiger partial charge < -0.3 is 9.88 Å². The van der Waals surface area contributed by atoms with Gasteiger partial charge in [0.05, 0.1) is 34.6 Å². The highest BCUT2D eigenvalue weighted by Crippen LogP contribution is 2.30. The van der Waals surface area contributed by atoms with E-state index in [-0.39, 0.29) is 6.04 Å². The summed E-state index contributed by atoms with van der Waals surface area (Å²) in [6, 6.07) is 0.0844. The van der Waals surface area contributed by atoms with Gasteiger partial charge in [0.15, 0.2) is 5.15 Å². The van der Waals surface area contributed by atoms with Crippen molar-refractivity contribution >= 4 is 55.9 Å². The number of piperidine rings is 1. The molecule has 1 aliphatic heterocycles. The molecule has 1 N–H and O–H groups in total. The summed E-state index contributed by atoms with van der Waals surface area (Å²) in [5, 5.41) is 9.13. The van der Waals surface area contributed by atoms with Gasteiger partial charge in [-0.15, -0.1) is 0 Å². The predicted molar refractivity (Wildman–Crippen MR) is 109 cm³/mol. The maximum atomic E-state index is 11.7. The zero-order valence-electron chi connectivity index (χ0n) is 15.3. The molecular formula is C16H19Cl2N7O2S. The van der Waals surface area contributed by atoms with E-state index in [2.05, 4.69) is 20.4 Å². The van der Waals surface area contributed by atoms with E-state index in [0.717, 1.165) is 5.39 Å². The number of nitrogens with zero attached hydrogens (tertiary/aromatic N) is 6. The Hall–Kier alpha value is -1.88. The van der Waals surface area contributed by atoms with Crippen LogP contribution in [0.2, 0.25) is 10.2 Å². The van der Waals surface area contributed by atoms with Crippen LogP contribution < -0.4 is 5.32 Å². The Kier molecular flexibility index (Phi) is 4.98. The number of nitrogens with one attached hydrogen (secondary N) is 1. The molecule has 1 aliphatic rings. The van der Waals surface area contributed by atoms with Crippen LogP contribution in [0.25, 0.3) is 11.0 Å². The first-order valence-electron chi connectivity index (χ1n) is 8.67. The van der Waals surface area contributed by atoms with Crippen LogP contribution in [0.1, 0.15) is 18.9 Å². The monoisotopic (exact) mass is 443 g/mol. The van der Waals surface area contributed by atoms with Crippen LogP contribution in [0, 0.1) is 0 Å². The Morgan fingerprint density at radius 3 is 2.61 bits per heavy atom. The highest BCUT2D eigenvalue weighted by atomic mass is 35.5. The van der Waals surface area contributed by atoms with Crippen LogP contribution in [0.5, 0.6) is 0 Å². The molecule has 9 nitrogen and oxygen atoms in total. The van der Waals surface area contributed by atoms with E-state index in [0.29, 0.717) is 53.4 Å². The van der Waals surface area contributed by atoms with Crippen molar-refractivity contribution in [1.82, 2.24) is 28.6 Å². The van der Waals surface area contributed by atoms with Gasteiger partial charge in [-0.2, -0.15) is 10.1 Å². The minimum absolute atomic E-state index is 0.0844. The van der Waals surface area contributed by atoms with E-state index in [1.165, 1.54) is 10.6 Å². The molecule has 1 fully saturated rings. The van der Waals surface area contributed by atoms with Crippen LogP contribution in [-0.2, 0) is 17.1 Å². The molecule has 28 heavy (non-hydrogen) atoms. The Balaban J connectivity index is 1.52. The topological polar surface area (TPSA) is 97.9 Å². The lowest BCUT2D eigenvalue weighted by Crippen LogP contribution is -2.38. The van der Waals surface area contributed by atoms with Crippen LogP contribution in [0.15, 0.2) is 18.6 Å². The minimum Gasteiger partial charge on any atom is -0.334 e. The lowest BCUT2D eigenvalue weighted by molar-refractivity contribution is 0.262. The molecule has 0 bridgehead atoms. The fourth-order valence-corrected chi connectivity index (χ4v) is 4.71. The molecule has 0 aromatic carbocycles. The van der Waals surface area contributed by atoms with E-state index in [9.17, 15) is 8.42 Å². The van der Waals surface area contributed by atoms with Gasteiger partial charge in [-0.05, 0) is 12.8 Å². The molecule has 0 atom stereocenters. The summed E-state index contributed by atoms with van der Waals surface area (Å²) in [5.74, 6) is 0.388. The van der Waals surface area contributed by atoms with Crippen molar-refractivity contribution in [2.45, 2.75) is 18.9 Å². The Morgan fingerprint density at radius 2 is 1.93 bits per heavy atom. The third kappa shape index (κ3) is 3.69. The van der Waals surface area contributed by atoms with E-state index in [4.69, 9.17) is 23.2 Å². The van der Waals surface area contributed by atoms with Gasteiger partial charge in [0.25, 0.3) is 0 Å². The predicted octanol–water partition coefficient (Wildman–Crippen LogP) is 2.81. The van der Waals surface area contributed by atoms with Gasteiger partial charge in [0, 0.05) is 32.5 Å². The van der Waals surface area contributed by atoms with Crippen molar-refractivity contribution < 1.29 is 8.42 Å². The number of halogens is 2. The van der Waals surface area contributed by atoms with Gasteiger partial charge >= 0.3 is 0 Å². The Bertz CT molecular complexity index is 1130. The summed E-state index contributed by atoms with van der Waals surface area (Å²) in [4.78, 5) is 8.77. The number of rotatable bonds is 4. The summed E-state index contributed by atoms with van der Waals surface area (Å²) >= 11 is 12.4. The molecular weight excluding hydrogens is 425 g/mol. The molecule has 150 valence electrons. The van der Waals surface area contributed by atoms with Crippen molar-refractivity contribution in [3.63, 3.8) is 0 Å². The van der Waals surface area contributed by atoms with Gasteiger partial charge in [-0.1, -0.05) is 23.2 Å². The van der Waals surface area contributed by atoms with E-state index in [1.807, 2.05) is 11.6 Å². The highest BCUT2D eigenvalue weighted by Gasteiger charge is 2.27. The lowest BCUT2D eigenvalue weighted by atomic mass is 10.1. The second-order valence-electron chi connectivity index (χ2n) is 6.85. The lowest BCUT2D eigenvalue weighted by Gasteiger charge is -2.30. The second kappa shape index (κ2) is 7.18. The van der Waals surface area contributed by atoms with E-state index >= 15 is 0 Å². The van der Waals surface area contributed by atoms with Crippen LogP contribution in [-0.4, -0.2) is 56.4 Å². The fourth-order valence-electron chi connectivity index (χ4n) is 3.37. The second-order valence-corrected chi connectivity index (χ2v) is 9.60. The molecule has 3 aromatic rings. The Morgan fingerprint density at radius 1 is 1.21 bits per heavy atom. The molecule has 12 heteroatoms. The number of hydrogen-bond donors (Lipinski definition) is 1. The van der Waals surface area contributed by atoms with Crippen molar-refractivity contribution in [3.05, 3.63) is 28.8 Å². The zero-order chi connectivity index (χ0) is 20.1. The molecule has 0 radical (unpaired) electrons. The molecule has 4 rings (SSSR count). The first-order chi connectivity index (χ1) is 13.2. The number of fused-ring (bicyclic) bond motifs is 1. The average molecular weight is 444 g/mol. The first-order valence-corrected chi connectivity index (χ1v) is 11.3. The third-order valence-corrected chi connectivity index (χ3v) is 6.75. The van der Waals surface area contributed by atoms with Crippen molar-refractivity contribution in [1.29, 1.82) is 0 Å². The van der Waals surface area contributed by atoms with Gasteiger partial charge in [0.1, 0.15) is 5.65 Å². The molecule has 0 saturated carbocycles. The summed E-state index contributed by atoms with van der Waals surface area (Å²) in [6.45, 7) is 0.940. The Labute approximate surface area is 172 Å². The summed E-state index contributed by atoms with van der Waals surface area (Å²) in [7, 11) is -1.30. The van der Waals surface area contributed by atoms with Crippen LogP contribution in [0.4, 0.5) is 11.6 Å². The largest absolute Gasteiger partial charge is 0.334 e. The summed E-state index contributed by atoms with van der Waals surface area (Å²) in [5.41, 5.74) is 1.30. The van der Waals surface area contributed by atoms with Crippen LogP contribution >= 0.6 is 23.2 Å². The first kappa shape index (κ1) is 19.4. The number of sulfonamides is 1. The van der Waals surface area contributed by atoms with Crippen molar-refractivity contribution in [3.8, 4) is 0 Å². The standard InChI is InChI=1S/C16H19Cl2N7O2S/c1-23-8-12(17)11-7-19-16(21-15(11)23)20-13-9-25(22-14(13)18)10-3-5-24(6-4-10)28(2,26)27/h7-10H,3-6H2,1-2H3,(H,19,20,21). The fraction of sp³-hybridized carbons (Fsp3) is 0.438. The number of aryl methyl sites for hydroxylation is 1. The molecule has 0 amide bonds. The normalized spacial score (nSPS) is 16.7. The maximum absolute atomic E-state index is 11.7. The molecule has 1 saturated heterocycles. The van der Waals surface area contributed by atoms with Crippen LogP contribution in [0.3, 0.4) is 0 Å². The SMILES string of the molecule is Cn1cc(Cl)c2cnc(Nc3cn(C4CCN(S(C)(=O)=O)CC4)nc3Cl)nc21. The van der Waals surface area contributed by atoms with Gasteiger partial charge in [-0.3, -0.25) is 4.68 Å². The van der Waals surface area contributed by atoms with Gasteiger partial charge in [0.2, 0.25) is 16.0 Å². The number of aromatic nitrogens is 5. The molecule has 4 heterocycles. The van der Waals surface area contributed by atoms with E-state index < -0.39 is 10.0 Å². The molecule has 0 aliphatic carbocycles. The molecule has 0 spiro atoms. The number of anilines is 2.